The fraction of sp³-hybridized carbons (Fsp3) is 0.667. The van der Waals surface area contributed by atoms with Crippen molar-refractivity contribution in [3.63, 3.8) is 0 Å². The number of nitrogens with one attached hydrogen (secondary N) is 2. The minimum absolute atomic E-state index is 0.247. The fourth-order valence-corrected chi connectivity index (χ4v) is 4.62. The lowest BCUT2D eigenvalue weighted by Crippen LogP contribution is -2.46. The highest BCUT2D eigenvalue weighted by Gasteiger charge is 2.57. The largest absolute Gasteiger partial charge is 0.492 e. The molecule has 3 fully saturated rings. The molecule has 4 rings (SSSR count). The van der Waals surface area contributed by atoms with Gasteiger partial charge in [0, 0.05) is 31.6 Å². The molecule has 0 aromatic heterocycles. The maximum atomic E-state index is 12.9. The summed E-state index contributed by atoms with van der Waals surface area (Å²) in [5.74, 6) is 0.996. The first kappa shape index (κ1) is 18.7. The van der Waals surface area contributed by atoms with Gasteiger partial charge in [0.05, 0.1) is 0 Å². The van der Waals surface area contributed by atoms with Gasteiger partial charge in [-0.1, -0.05) is 0 Å². The van der Waals surface area contributed by atoms with Crippen LogP contribution in [0.15, 0.2) is 24.3 Å². The van der Waals surface area contributed by atoms with Crippen LogP contribution in [-0.4, -0.2) is 56.2 Å². The van der Waals surface area contributed by atoms with Crippen LogP contribution in [-0.2, 0) is 4.79 Å². The third kappa shape index (κ3) is 4.61. The van der Waals surface area contributed by atoms with E-state index in [1.165, 1.54) is 12.1 Å². The molecule has 1 atom stereocenters. The van der Waals surface area contributed by atoms with E-state index in [2.05, 4.69) is 15.5 Å². The Balaban J connectivity index is 1.13. The number of halogens is 1. The zero-order valence-electron chi connectivity index (χ0n) is 15.9. The molecular weight excluding hydrogens is 345 g/mol. The standard InChI is InChI=1S/C21H30FN3O2/c22-16-1-3-18(4-2-16)27-14-13-25-11-5-17(6-12-25)24-20(26)19-15-21(19)7-9-23-10-8-21/h1-4,17,19,23H,5-15H2,(H,24,26). The Hall–Kier alpha value is -1.66. The van der Waals surface area contributed by atoms with Crippen molar-refractivity contribution in [2.45, 2.75) is 38.1 Å². The number of likely N-dealkylation sites (tertiary alicyclic amines) is 1. The Bertz CT molecular complexity index is 637. The number of benzene rings is 1. The summed E-state index contributed by atoms with van der Waals surface area (Å²) in [5, 5.41) is 6.70. The number of hydrogen-bond donors (Lipinski definition) is 2. The van der Waals surface area contributed by atoms with Crippen LogP contribution in [0.25, 0.3) is 0 Å². The molecule has 6 heteroatoms. The average Bonchev–Trinajstić information content (AvgIpc) is 3.38. The summed E-state index contributed by atoms with van der Waals surface area (Å²) in [5.41, 5.74) is 0.313. The second kappa shape index (κ2) is 8.15. The molecule has 1 saturated carbocycles. The number of carbonyl (C=O) groups excluding carboxylic acids is 1. The number of nitrogens with zero attached hydrogens (tertiary/aromatic N) is 1. The Labute approximate surface area is 160 Å². The van der Waals surface area contributed by atoms with E-state index >= 15 is 0 Å². The van der Waals surface area contributed by atoms with E-state index in [9.17, 15) is 9.18 Å². The summed E-state index contributed by atoms with van der Waals surface area (Å²) < 4.78 is 18.6. The number of rotatable bonds is 6. The minimum atomic E-state index is -0.247. The van der Waals surface area contributed by atoms with E-state index in [0.717, 1.165) is 64.8 Å². The van der Waals surface area contributed by atoms with Crippen molar-refractivity contribution in [1.29, 1.82) is 0 Å². The topological polar surface area (TPSA) is 53.6 Å². The van der Waals surface area contributed by atoms with E-state index < -0.39 is 0 Å². The lowest BCUT2D eigenvalue weighted by Gasteiger charge is -2.32. The highest BCUT2D eigenvalue weighted by atomic mass is 19.1. The van der Waals surface area contributed by atoms with Crippen molar-refractivity contribution in [2.75, 3.05) is 39.3 Å². The van der Waals surface area contributed by atoms with Gasteiger partial charge >= 0.3 is 0 Å². The van der Waals surface area contributed by atoms with Crippen LogP contribution in [0.3, 0.4) is 0 Å². The maximum absolute atomic E-state index is 12.9. The first-order valence-corrected chi connectivity index (χ1v) is 10.3. The van der Waals surface area contributed by atoms with Crippen molar-refractivity contribution < 1.29 is 13.9 Å². The van der Waals surface area contributed by atoms with E-state index in [4.69, 9.17) is 4.74 Å². The third-order valence-corrected chi connectivity index (χ3v) is 6.53. The summed E-state index contributed by atoms with van der Waals surface area (Å²) in [6, 6.07) is 6.45. The Morgan fingerprint density at radius 1 is 1.22 bits per heavy atom. The van der Waals surface area contributed by atoms with Crippen molar-refractivity contribution in [3.8, 4) is 5.75 Å². The third-order valence-electron chi connectivity index (χ3n) is 6.53. The molecule has 2 saturated heterocycles. The van der Waals surface area contributed by atoms with Crippen LogP contribution in [0, 0.1) is 17.2 Å². The monoisotopic (exact) mass is 375 g/mol. The van der Waals surface area contributed by atoms with Crippen LogP contribution in [0.1, 0.15) is 32.1 Å². The minimum Gasteiger partial charge on any atom is -0.492 e. The molecular formula is C21H30FN3O2. The van der Waals surface area contributed by atoms with Crippen molar-refractivity contribution in [2.24, 2.45) is 11.3 Å². The molecule has 2 N–H and O–H groups in total. The molecule has 0 bridgehead atoms. The maximum Gasteiger partial charge on any atom is 0.223 e. The lowest BCUT2D eigenvalue weighted by molar-refractivity contribution is -0.124. The van der Waals surface area contributed by atoms with Crippen LogP contribution < -0.4 is 15.4 Å². The predicted molar refractivity (Wildman–Crippen MR) is 102 cm³/mol. The summed E-state index contributed by atoms with van der Waals surface area (Å²) in [6.07, 6.45) is 5.39. The van der Waals surface area contributed by atoms with E-state index in [0.29, 0.717) is 23.8 Å². The van der Waals surface area contributed by atoms with Crippen molar-refractivity contribution in [1.82, 2.24) is 15.5 Å². The van der Waals surface area contributed by atoms with E-state index in [1.54, 1.807) is 12.1 Å². The van der Waals surface area contributed by atoms with Crippen LogP contribution in [0.5, 0.6) is 5.75 Å². The predicted octanol–water partition coefficient (Wildman–Crippen LogP) is 2.17. The fourth-order valence-electron chi connectivity index (χ4n) is 4.62. The number of amides is 1. The van der Waals surface area contributed by atoms with Gasteiger partial charge in [-0.05, 0) is 74.9 Å². The van der Waals surface area contributed by atoms with Gasteiger partial charge in [0.25, 0.3) is 0 Å². The molecule has 1 unspecified atom stereocenters. The van der Waals surface area contributed by atoms with Crippen LogP contribution in [0.2, 0.25) is 0 Å². The molecule has 3 aliphatic rings. The van der Waals surface area contributed by atoms with Gasteiger partial charge in [-0.15, -0.1) is 0 Å². The molecule has 1 aliphatic carbocycles. The van der Waals surface area contributed by atoms with E-state index in [1.807, 2.05) is 0 Å². The van der Waals surface area contributed by atoms with Gasteiger partial charge in [-0.3, -0.25) is 9.69 Å². The number of carbonyl (C=O) groups is 1. The highest BCUT2D eigenvalue weighted by Crippen LogP contribution is 2.58. The Morgan fingerprint density at radius 3 is 2.63 bits per heavy atom. The van der Waals surface area contributed by atoms with Gasteiger partial charge in [0.1, 0.15) is 18.2 Å². The Kier molecular flexibility index (Phi) is 5.64. The summed E-state index contributed by atoms with van der Waals surface area (Å²) in [6.45, 7) is 5.54. The van der Waals surface area contributed by atoms with Crippen molar-refractivity contribution >= 4 is 5.91 Å². The van der Waals surface area contributed by atoms with E-state index in [-0.39, 0.29) is 17.6 Å². The molecule has 2 heterocycles. The van der Waals surface area contributed by atoms with Gasteiger partial charge in [0.2, 0.25) is 5.91 Å². The molecule has 0 radical (unpaired) electrons. The molecule has 148 valence electrons. The van der Waals surface area contributed by atoms with Crippen molar-refractivity contribution in [3.05, 3.63) is 30.1 Å². The van der Waals surface area contributed by atoms with Gasteiger partial charge in [-0.25, -0.2) is 4.39 Å². The molecule has 2 aliphatic heterocycles. The SMILES string of the molecule is O=C(NC1CCN(CCOc2ccc(F)cc2)CC1)C1CC12CCNCC2. The molecule has 1 spiro atoms. The smallest absolute Gasteiger partial charge is 0.223 e. The number of piperidine rings is 2. The van der Waals surface area contributed by atoms with Gasteiger partial charge < -0.3 is 15.4 Å². The Morgan fingerprint density at radius 2 is 1.93 bits per heavy atom. The van der Waals surface area contributed by atoms with Gasteiger partial charge in [-0.2, -0.15) is 0 Å². The second-order valence-corrected chi connectivity index (χ2v) is 8.30. The van der Waals surface area contributed by atoms with Gasteiger partial charge in [0.15, 0.2) is 0 Å². The number of hydrogen-bond acceptors (Lipinski definition) is 4. The lowest BCUT2D eigenvalue weighted by atomic mass is 9.91. The molecule has 1 aromatic carbocycles. The molecule has 5 nitrogen and oxygen atoms in total. The second-order valence-electron chi connectivity index (χ2n) is 8.30. The molecule has 1 aromatic rings. The summed E-state index contributed by atoms with van der Waals surface area (Å²) >= 11 is 0. The van der Waals surface area contributed by atoms with Crippen LogP contribution >= 0.6 is 0 Å². The van der Waals surface area contributed by atoms with Crippen LogP contribution in [0.4, 0.5) is 4.39 Å². The molecule has 1 amide bonds. The first-order valence-electron chi connectivity index (χ1n) is 10.3. The zero-order chi connectivity index (χ0) is 18.7. The quantitative estimate of drug-likeness (QED) is 0.800. The average molecular weight is 375 g/mol. The normalized spacial score (nSPS) is 25.3. The summed E-state index contributed by atoms with van der Waals surface area (Å²) in [4.78, 5) is 15.0. The summed E-state index contributed by atoms with van der Waals surface area (Å²) in [7, 11) is 0. The first-order chi connectivity index (χ1) is 13.1. The zero-order valence-corrected chi connectivity index (χ0v) is 15.9. The molecule has 27 heavy (non-hydrogen) atoms. The number of ether oxygens (including phenoxy) is 1. The highest BCUT2D eigenvalue weighted by molar-refractivity contribution is 5.82.